The number of halogens is 1. The van der Waals surface area contributed by atoms with Crippen molar-refractivity contribution in [2.75, 3.05) is 12.4 Å². The van der Waals surface area contributed by atoms with Crippen LogP contribution >= 0.6 is 15.9 Å². The highest BCUT2D eigenvalue weighted by atomic mass is 79.9. The second-order valence-electron chi connectivity index (χ2n) is 3.87. The molecule has 0 saturated carbocycles. The van der Waals surface area contributed by atoms with Gasteiger partial charge < -0.3 is 15.2 Å². The van der Waals surface area contributed by atoms with Crippen LogP contribution in [0.15, 0.2) is 46.9 Å². The van der Waals surface area contributed by atoms with Crippen molar-refractivity contribution in [3.63, 3.8) is 0 Å². The van der Waals surface area contributed by atoms with Gasteiger partial charge in [-0.25, -0.2) is 0 Å². The van der Waals surface area contributed by atoms with E-state index in [9.17, 15) is 5.11 Å². The van der Waals surface area contributed by atoms with Gasteiger partial charge in [-0.2, -0.15) is 0 Å². The minimum Gasteiger partial charge on any atom is -0.508 e. The first-order valence-electron chi connectivity index (χ1n) is 5.54. The summed E-state index contributed by atoms with van der Waals surface area (Å²) in [5.74, 6) is 1.06. The second-order valence-corrected chi connectivity index (χ2v) is 4.78. The smallest absolute Gasteiger partial charge is 0.142 e. The van der Waals surface area contributed by atoms with Gasteiger partial charge in [0.05, 0.1) is 12.8 Å². The van der Waals surface area contributed by atoms with Crippen LogP contribution in [0.1, 0.15) is 5.56 Å². The van der Waals surface area contributed by atoms with Crippen molar-refractivity contribution in [1.29, 1.82) is 0 Å². The van der Waals surface area contributed by atoms with Crippen LogP contribution in [0.2, 0.25) is 0 Å². The molecule has 0 spiro atoms. The molecule has 0 saturated heterocycles. The standard InChI is InChI=1S/C14H14BrNO2/c1-18-14-6-5-11(15)8-13(14)16-9-10-3-2-4-12(17)7-10/h2-8,16-17H,9H2,1H3. The molecule has 0 heterocycles. The third-order valence-corrected chi connectivity index (χ3v) is 3.05. The number of phenols is 1. The zero-order valence-corrected chi connectivity index (χ0v) is 11.6. The fourth-order valence-electron chi connectivity index (χ4n) is 1.68. The largest absolute Gasteiger partial charge is 0.508 e. The van der Waals surface area contributed by atoms with Gasteiger partial charge in [0, 0.05) is 11.0 Å². The molecule has 0 aliphatic rings. The highest BCUT2D eigenvalue weighted by Gasteiger charge is 2.03. The Morgan fingerprint density at radius 2 is 2.06 bits per heavy atom. The Labute approximate surface area is 115 Å². The monoisotopic (exact) mass is 307 g/mol. The quantitative estimate of drug-likeness (QED) is 0.903. The van der Waals surface area contributed by atoms with Gasteiger partial charge in [0.1, 0.15) is 11.5 Å². The minimum absolute atomic E-state index is 0.274. The maximum atomic E-state index is 9.40. The molecule has 3 nitrogen and oxygen atoms in total. The van der Waals surface area contributed by atoms with E-state index in [-0.39, 0.29) is 5.75 Å². The van der Waals surface area contributed by atoms with Crippen molar-refractivity contribution in [3.8, 4) is 11.5 Å². The number of hydrogen-bond donors (Lipinski definition) is 2. The third kappa shape index (κ3) is 3.17. The lowest BCUT2D eigenvalue weighted by molar-refractivity contribution is 0.416. The van der Waals surface area contributed by atoms with Gasteiger partial charge in [0.2, 0.25) is 0 Å². The summed E-state index contributed by atoms with van der Waals surface area (Å²) < 4.78 is 6.27. The molecule has 0 atom stereocenters. The lowest BCUT2D eigenvalue weighted by Crippen LogP contribution is -2.01. The van der Waals surface area contributed by atoms with Crippen LogP contribution in [0.5, 0.6) is 11.5 Å². The summed E-state index contributed by atoms with van der Waals surface area (Å²) in [6, 6.07) is 13.0. The maximum Gasteiger partial charge on any atom is 0.142 e. The second kappa shape index (κ2) is 5.78. The van der Waals surface area contributed by atoms with E-state index < -0.39 is 0 Å². The summed E-state index contributed by atoms with van der Waals surface area (Å²) in [6.07, 6.45) is 0. The van der Waals surface area contributed by atoms with E-state index in [1.54, 1.807) is 19.2 Å². The van der Waals surface area contributed by atoms with Crippen LogP contribution in [-0.2, 0) is 6.54 Å². The highest BCUT2D eigenvalue weighted by Crippen LogP contribution is 2.28. The van der Waals surface area contributed by atoms with E-state index in [1.807, 2.05) is 30.3 Å². The van der Waals surface area contributed by atoms with Crippen LogP contribution in [0.3, 0.4) is 0 Å². The number of aromatic hydroxyl groups is 1. The first kappa shape index (κ1) is 12.8. The average molecular weight is 308 g/mol. The van der Waals surface area contributed by atoms with E-state index in [1.165, 1.54) is 0 Å². The van der Waals surface area contributed by atoms with Crippen LogP contribution in [0, 0.1) is 0 Å². The van der Waals surface area contributed by atoms with Crippen LogP contribution < -0.4 is 10.1 Å². The molecule has 0 aromatic heterocycles. The normalized spacial score (nSPS) is 10.1. The summed E-state index contributed by atoms with van der Waals surface area (Å²) in [5.41, 5.74) is 1.92. The van der Waals surface area contributed by atoms with E-state index in [0.717, 1.165) is 21.5 Å². The number of rotatable bonds is 4. The molecular formula is C14H14BrNO2. The van der Waals surface area contributed by atoms with E-state index in [2.05, 4.69) is 21.2 Å². The number of hydrogen-bond acceptors (Lipinski definition) is 3. The Kier molecular flexibility index (Phi) is 4.10. The van der Waals surface area contributed by atoms with Crippen molar-refractivity contribution in [2.24, 2.45) is 0 Å². The highest BCUT2D eigenvalue weighted by molar-refractivity contribution is 9.10. The zero-order chi connectivity index (χ0) is 13.0. The average Bonchev–Trinajstić information content (AvgIpc) is 2.37. The third-order valence-electron chi connectivity index (χ3n) is 2.56. The minimum atomic E-state index is 0.274. The molecule has 94 valence electrons. The molecule has 18 heavy (non-hydrogen) atoms. The first-order valence-corrected chi connectivity index (χ1v) is 6.33. The van der Waals surface area contributed by atoms with Gasteiger partial charge >= 0.3 is 0 Å². The Hall–Kier alpha value is -1.68. The number of ether oxygens (including phenoxy) is 1. The van der Waals surface area contributed by atoms with Gasteiger partial charge in [-0.3, -0.25) is 0 Å². The van der Waals surface area contributed by atoms with Crippen molar-refractivity contribution >= 4 is 21.6 Å². The number of phenolic OH excluding ortho intramolecular Hbond substituents is 1. The van der Waals surface area contributed by atoms with Gasteiger partial charge in [-0.05, 0) is 35.9 Å². The summed E-state index contributed by atoms with van der Waals surface area (Å²) in [5, 5.41) is 12.7. The molecule has 0 bridgehead atoms. The van der Waals surface area contributed by atoms with E-state index >= 15 is 0 Å². The predicted octanol–water partition coefficient (Wildman–Crippen LogP) is 3.78. The molecule has 2 N–H and O–H groups in total. The van der Waals surface area contributed by atoms with Crippen molar-refractivity contribution in [2.45, 2.75) is 6.54 Å². The summed E-state index contributed by atoms with van der Waals surface area (Å²) in [6.45, 7) is 0.626. The number of anilines is 1. The van der Waals surface area contributed by atoms with Gasteiger partial charge in [0.25, 0.3) is 0 Å². The lowest BCUT2D eigenvalue weighted by Gasteiger charge is -2.11. The lowest BCUT2D eigenvalue weighted by atomic mass is 10.2. The molecule has 0 unspecified atom stereocenters. The Morgan fingerprint density at radius 3 is 2.78 bits per heavy atom. The molecule has 0 aliphatic heterocycles. The maximum absolute atomic E-state index is 9.40. The molecule has 2 aromatic carbocycles. The topological polar surface area (TPSA) is 41.5 Å². The van der Waals surface area contributed by atoms with Crippen LogP contribution in [0.4, 0.5) is 5.69 Å². The number of methoxy groups -OCH3 is 1. The first-order chi connectivity index (χ1) is 8.69. The molecule has 0 radical (unpaired) electrons. The molecule has 0 amide bonds. The fraction of sp³-hybridized carbons (Fsp3) is 0.143. The van der Waals surface area contributed by atoms with Gasteiger partial charge in [-0.1, -0.05) is 28.1 Å². The summed E-state index contributed by atoms with van der Waals surface area (Å²) >= 11 is 3.43. The summed E-state index contributed by atoms with van der Waals surface area (Å²) in [4.78, 5) is 0. The predicted molar refractivity (Wildman–Crippen MR) is 76.1 cm³/mol. The summed E-state index contributed by atoms with van der Waals surface area (Å²) in [7, 11) is 1.64. The van der Waals surface area contributed by atoms with Gasteiger partial charge in [0.15, 0.2) is 0 Å². The van der Waals surface area contributed by atoms with Crippen molar-refractivity contribution in [1.82, 2.24) is 0 Å². The molecular weight excluding hydrogens is 294 g/mol. The number of nitrogens with one attached hydrogen (secondary N) is 1. The molecule has 2 rings (SSSR count). The van der Waals surface area contributed by atoms with Gasteiger partial charge in [-0.15, -0.1) is 0 Å². The molecule has 0 fully saturated rings. The Bertz CT molecular complexity index is 543. The molecule has 4 heteroatoms. The fourth-order valence-corrected chi connectivity index (χ4v) is 2.04. The van der Waals surface area contributed by atoms with Crippen LogP contribution in [0.25, 0.3) is 0 Å². The molecule has 0 aliphatic carbocycles. The Balaban J connectivity index is 2.12. The Morgan fingerprint density at radius 1 is 1.22 bits per heavy atom. The van der Waals surface area contributed by atoms with Crippen molar-refractivity contribution in [3.05, 3.63) is 52.5 Å². The van der Waals surface area contributed by atoms with E-state index in [4.69, 9.17) is 4.74 Å². The molecule has 2 aromatic rings. The number of benzene rings is 2. The van der Waals surface area contributed by atoms with E-state index in [0.29, 0.717) is 6.54 Å². The van der Waals surface area contributed by atoms with Crippen LogP contribution in [-0.4, -0.2) is 12.2 Å². The SMILES string of the molecule is COc1ccc(Br)cc1NCc1cccc(O)c1. The zero-order valence-electron chi connectivity index (χ0n) is 9.98. The van der Waals surface area contributed by atoms with Crippen molar-refractivity contribution < 1.29 is 9.84 Å².